The van der Waals surface area contributed by atoms with Gasteiger partial charge in [-0.1, -0.05) is 19.9 Å². The minimum absolute atomic E-state index is 0.128. The zero-order valence-electron chi connectivity index (χ0n) is 13.3. The maximum Gasteiger partial charge on any atom is 0.306 e. The number of benzene rings is 1. The first-order valence-electron chi connectivity index (χ1n) is 6.93. The van der Waals surface area contributed by atoms with Crippen molar-refractivity contribution in [2.24, 2.45) is 5.92 Å². The minimum atomic E-state index is -0.128. The summed E-state index contributed by atoms with van der Waals surface area (Å²) < 4.78 is 4.85. The number of hydrogen-bond acceptors (Lipinski definition) is 2. The number of carbonyl (C=O) groups excluding carboxylic acids is 1. The molecule has 0 bridgehead atoms. The summed E-state index contributed by atoms with van der Waals surface area (Å²) in [6.45, 7) is 12.9. The highest BCUT2D eigenvalue weighted by molar-refractivity contribution is 5.71. The summed E-state index contributed by atoms with van der Waals surface area (Å²) in [6, 6.07) is 2.23. The molecule has 1 atom stereocenters. The van der Waals surface area contributed by atoms with Crippen molar-refractivity contribution in [3.05, 3.63) is 33.9 Å². The van der Waals surface area contributed by atoms with Crippen molar-refractivity contribution in [1.82, 2.24) is 0 Å². The Morgan fingerprint density at radius 3 is 1.95 bits per heavy atom. The molecule has 0 saturated carbocycles. The standard InChI is InChI=1S/C17H26O2/c1-10(2)15(9-16(18)19-7)17-13(5)11(3)8-12(4)14(17)6/h8,10,15H,9H2,1-7H3. The second-order valence-corrected chi connectivity index (χ2v) is 5.80. The molecule has 0 N–H and O–H groups in total. The van der Waals surface area contributed by atoms with E-state index in [1.807, 2.05) is 0 Å². The van der Waals surface area contributed by atoms with Gasteiger partial charge >= 0.3 is 5.97 Å². The van der Waals surface area contributed by atoms with E-state index in [0.717, 1.165) is 0 Å². The normalized spacial score (nSPS) is 12.6. The highest BCUT2D eigenvalue weighted by Crippen LogP contribution is 2.35. The molecule has 1 unspecified atom stereocenters. The molecule has 19 heavy (non-hydrogen) atoms. The van der Waals surface area contributed by atoms with Crippen LogP contribution in [0.3, 0.4) is 0 Å². The van der Waals surface area contributed by atoms with Crippen LogP contribution in [0.5, 0.6) is 0 Å². The van der Waals surface area contributed by atoms with Gasteiger partial charge < -0.3 is 4.74 Å². The fourth-order valence-corrected chi connectivity index (χ4v) is 2.74. The van der Waals surface area contributed by atoms with Gasteiger partial charge in [-0.25, -0.2) is 0 Å². The third-order valence-corrected chi connectivity index (χ3v) is 4.21. The van der Waals surface area contributed by atoms with E-state index in [2.05, 4.69) is 47.6 Å². The van der Waals surface area contributed by atoms with Crippen LogP contribution in [-0.2, 0) is 9.53 Å². The van der Waals surface area contributed by atoms with Crippen molar-refractivity contribution in [3.8, 4) is 0 Å². The van der Waals surface area contributed by atoms with Crippen LogP contribution in [0.1, 0.15) is 54.0 Å². The van der Waals surface area contributed by atoms with Gasteiger partial charge in [0.05, 0.1) is 13.5 Å². The summed E-state index contributed by atoms with van der Waals surface area (Å²) >= 11 is 0. The summed E-state index contributed by atoms with van der Waals surface area (Å²) in [5.41, 5.74) is 6.55. The lowest BCUT2D eigenvalue weighted by atomic mass is 9.79. The molecule has 0 spiro atoms. The monoisotopic (exact) mass is 262 g/mol. The molecule has 106 valence electrons. The summed E-state index contributed by atoms with van der Waals surface area (Å²) in [5, 5.41) is 0. The number of methoxy groups -OCH3 is 1. The molecule has 0 radical (unpaired) electrons. The van der Waals surface area contributed by atoms with Gasteiger partial charge in [-0.3, -0.25) is 4.79 Å². The molecule has 0 aromatic heterocycles. The summed E-state index contributed by atoms with van der Waals surface area (Å²) in [6.07, 6.45) is 0.457. The number of ether oxygens (including phenoxy) is 1. The molecule has 1 aromatic rings. The number of rotatable bonds is 4. The highest BCUT2D eigenvalue weighted by Gasteiger charge is 2.24. The summed E-state index contributed by atoms with van der Waals surface area (Å²) in [7, 11) is 1.46. The Labute approximate surface area is 117 Å². The molecule has 1 aromatic carbocycles. The Kier molecular flexibility index (Phi) is 5.16. The predicted molar refractivity (Wildman–Crippen MR) is 79.6 cm³/mol. The zero-order chi connectivity index (χ0) is 14.7. The molecule has 1 rings (SSSR count). The minimum Gasteiger partial charge on any atom is -0.469 e. The Morgan fingerprint density at radius 1 is 1.11 bits per heavy atom. The van der Waals surface area contributed by atoms with Gasteiger partial charge in [0.15, 0.2) is 0 Å². The first-order chi connectivity index (χ1) is 8.79. The Bertz CT molecular complexity index is 446. The quantitative estimate of drug-likeness (QED) is 0.759. The van der Waals surface area contributed by atoms with Crippen LogP contribution in [-0.4, -0.2) is 13.1 Å². The number of aryl methyl sites for hydroxylation is 2. The lowest BCUT2D eigenvalue weighted by Gasteiger charge is -2.26. The van der Waals surface area contributed by atoms with E-state index in [1.54, 1.807) is 0 Å². The van der Waals surface area contributed by atoms with E-state index in [9.17, 15) is 4.79 Å². The summed E-state index contributed by atoms with van der Waals surface area (Å²) in [5.74, 6) is 0.514. The van der Waals surface area contributed by atoms with E-state index in [4.69, 9.17) is 4.74 Å². The van der Waals surface area contributed by atoms with Crippen LogP contribution < -0.4 is 0 Å². The van der Waals surface area contributed by atoms with Gasteiger partial charge in [0.2, 0.25) is 0 Å². The third kappa shape index (κ3) is 3.37. The summed E-state index contributed by atoms with van der Waals surface area (Å²) in [4.78, 5) is 11.7. The molecule has 0 aliphatic rings. The fraction of sp³-hybridized carbons (Fsp3) is 0.588. The van der Waals surface area contributed by atoms with Crippen molar-refractivity contribution in [2.75, 3.05) is 7.11 Å². The van der Waals surface area contributed by atoms with E-state index in [-0.39, 0.29) is 11.9 Å². The van der Waals surface area contributed by atoms with Gasteiger partial charge in [-0.15, -0.1) is 0 Å². The molecule has 0 amide bonds. The molecule has 0 aliphatic carbocycles. The second-order valence-electron chi connectivity index (χ2n) is 5.80. The lowest BCUT2D eigenvalue weighted by molar-refractivity contribution is -0.141. The Morgan fingerprint density at radius 2 is 1.58 bits per heavy atom. The SMILES string of the molecule is COC(=O)CC(c1c(C)c(C)cc(C)c1C)C(C)C. The number of esters is 1. The number of carbonyl (C=O) groups is 1. The van der Waals surface area contributed by atoms with E-state index >= 15 is 0 Å². The lowest BCUT2D eigenvalue weighted by Crippen LogP contribution is -2.17. The molecule has 2 nitrogen and oxygen atoms in total. The maximum atomic E-state index is 11.7. The Balaban J connectivity index is 3.34. The van der Waals surface area contributed by atoms with Crippen LogP contribution in [0.2, 0.25) is 0 Å². The van der Waals surface area contributed by atoms with Crippen LogP contribution in [0.25, 0.3) is 0 Å². The van der Waals surface area contributed by atoms with Gasteiger partial charge in [0.1, 0.15) is 0 Å². The average Bonchev–Trinajstić information content (AvgIpc) is 2.34. The largest absolute Gasteiger partial charge is 0.469 e. The van der Waals surface area contributed by atoms with Gasteiger partial charge in [-0.2, -0.15) is 0 Å². The van der Waals surface area contributed by atoms with Gasteiger partial charge in [0.25, 0.3) is 0 Å². The smallest absolute Gasteiger partial charge is 0.306 e. The van der Waals surface area contributed by atoms with Crippen molar-refractivity contribution >= 4 is 5.97 Å². The topological polar surface area (TPSA) is 26.3 Å². The molecule has 0 heterocycles. The predicted octanol–water partition coefficient (Wildman–Crippen LogP) is 4.22. The van der Waals surface area contributed by atoms with Crippen molar-refractivity contribution in [2.45, 2.75) is 53.9 Å². The fourth-order valence-electron chi connectivity index (χ4n) is 2.74. The van der Waals surface area contributed by atoms with Gasteiger partial charge in [-0.05, 0) is 67.3 Å². The van der Waals surface area contributed by atoms with Crippen LogP contribution >= 0.6 is 0 Å². The molecule has 2 heteroatoms. The molecule has 0 saturated heterocycles. The van der Waals surface area contributed by atoms with Crippen molar-refractivity contribution < 1.29 is 9.53 Å². The van der Waals surface area contributed by atoms with Gasteiger partial charge in [0, 0.05) is 0 Å². The maximum absolute atomic E-state index is 11.7. The van der Waals surface area contributed by atoms with Crippen LogP contribution in [0.15, 0.2) is 6.07 Å². The van der Waals surface area contributed by atoms with Crippen molar-refractivity contribution in [1.29, 1.82) is 0 Å². The van der Waals surface area contributed by atoms with E-state index < -0.39 is 0 Å². The molecular formula is C17H26O2. The zero-order valence-corrected chi connectivity index (χ0v) is 13.3. The first-order valence-corrected chi connectivity index (χ1v) is 6.93. The van der Waals surface area contributed by atoms with Crippen molar-refractivity contribution in [3.63, 3.8) is 0 Å². The highest BCUT2D eigenvalue weighted by atomic mass is 16.5. The molecular weight excluding hydrogens is 236 g/mol. The number of hydrogen-bond donors (Lipinski definition) is 0. The molecule has 0 fully saturated rings. The van der Waals surface area contributed by atoms with E-state index in [1.165, 1.54) is 34.9 Å². The first kappa shape index (κ1) is 15.7. The second kappa shape index (κ2) is 6.23. The Hall–Kier alpha value is -1.31. The molecule has 0 aliphatic heterocycles. The third-order valence-electron chi connectivity index (χ3n) is 4.21. The average molecular weight is 262 g/mol. The van der Waals surface area contributed by atoms with Crippen LogP contribution in [0, 0.1) is 33.6 Å². The van der Waals surface area contributed by atoms with E-state index in [0.29, 0.717) is 12.3 Å². The van der Waals surface area contributed by atoms with Crippen LogP contribution in [0.4, 0.5) is 0 Å².